The normalized spacial score (nSPS) is 19.8. The van der Waals surface area contributed by atoms with Crippen LogP contribution in [-0.4, -0.2) is 91.1 Å². The molecule has 4 aromatic rings. The van der Waals surface area contributed by atoms with Gasteiger partial charge in [-0.15, -0.1) is 0 Å². The summed E-state index contributed by atoms with van der Waals surface area (Å²) < 4.78 is 24.6. The first-order chi connectivity index (χ1) is 23.1. The number of amides is 1. The summed E-state index contributed by atoms with van der Waals surface area (Å²) in [6, 6.07) is 23.0. The number of fused-ring (bicyclic) bond motifs is 2. The molecule has 1 unspecified atom stereocenters. The zero-order valence-corrected chi connectivity index (χ0v) is 27.5. The minimum Gasteiger partial charge on any atom is -0.493 e. The van der Waals surface area contributed by atoms with Gasteiger partial charge in [-0.05, 0) is 69.0 Å². The van der Waals surface area contributed by atoms with Gasteiger partial charge in [0, 0.05) is 56.4 Å². The molecular weight excluding hydrogens is 594 g/mol. The molecule has 3 aromatic carbocycles. The first-order valence-corrected chi connectivity index (χ1v) is 16.9. The molecule has 0 aliphatic carbocycles. The lowest BCUT2D eigenvalue weighted by Crippen LogP contribution is -2.42. The van der Waals surface area contributed by atoms with E-state index in [9.17, 15) is 4.79 Å². The fourth-order valence-electron chi connectivity index (χ4n) is 7.43. The number of carbonyl (C=O) groups excluding carboxylic acids is 1. The molecule has 2 saturated heterocycles. The van der Waals surface area contributed by atoms with Crippen LogP contribution in [0.2, 0.25) is 0 Å². The SMILES string of the molecule is CCOCCn1c(NC2CCN(CCC3(c4ccccc4)CCN(C(=O)c4cc(OC)c5c(c4)OCO5)C3)CC2)nc2ccccc21. The van der Waals surface area contributed by atoms with Gasteiger partial charge in [0.1, 0.15) is 0 Å². The van der Waals surface area contributed by atoms with E-state index in [4.69, 9.17) is 23.9 Å². The van der Waals surface area contributed by atoms with Crippen molar-refractivity contribution in [1.82, 2.24) is 19.4 Å². The number of hydrogen-bond donors (Lipinski definition) is 1. The summed E-state index contributed by atoms with van der Waals surface area (Å²) in [5, 5.41) is 3.77. The standard InChI is InChI=1S/C37H45N5O5/c1-3-45-22-21-42-31-12-8-7-11-30(31)39-36(42)38-29-13-17-40(18-14-29)19-15-37(28-9-5-4-6-10-28)16-20-41(25-37)35(43)27-23-32(44-2)34-33(24-27)46-26-47-34/h4-12,23-24,29H,3,13-22,25-26H2,1-2H3,(H,38,39). The van der Waals surface area contributed by atoms with Crippen LogP contribution in [0.25, 0.3) is 11.0 Å². The van der Waals surface area contributed by atoms with Crippen LogP contribution in [0.4, 0.5) is 5.95 Å². The molecule has 10 heteroatoms. The summed E-state index contributed by atoms with van der Waals surface area (Å²) >= 11 is 0. The highest BCUT2D eigenvalue weighted by Crippen LogP contribution is 2.43. The summed E-state index contributed by atoms with van der Waals surface area (Å²) in [4.78, 5) is 23.3. The lowest BCUT2D eigenvalue weighted by Gasteiger charge is -2.36. The summed E-state index contributed by atoms with van der Waals surface area (Å²) in [5.41, 5.74) is 3.92. The van der Waals surface area contributed by atoms with E-state index in [1.165, 1.54) is 5.56 Å². The van der Waals surface area contributed by atoms with Crippen molar-refractivity contribution in [2.75, 3.05) is 65.2 Å². The molecule has 248 valence electrons. The number of hydrogen-bond acceptors (Lipinski definition) is 8. The molecule has 0 spiro atoms. The molecule has 1 atom stereocenters. The summed E-state index contributed by atoms with van der Waals surface area (Å²) in [6.07, 6.45) is 4.05. The van der Waals surface area contributed by atoms with Gasteiger partial charge < -0.3 is 38.6 Å². The van der Waals surface area contributed by atoms with Gasteiger partial charge >= 0.3 is 0 Å². The Morgan fingerprint density at radius 3 is 2.64 bits per heavy atom. The number of piperidine rings is 1. The van der Waals surface area contributed by atoms with Crippen LogP contribution in [0.3, 0.4) is 0 Å². The second-order valence-corrected chi connectivity index (χ2v) is 12.8. The highest BCUT2D eigenvalue weighted by molar-refractivity contribution is 5.96. The Bertz CT molecular complexity index is 1690. The summed E-state index contributed by atoms with van der Waals surface area (Å²) in [6.45, 7) is 8.76. The lowest BCUT2D eigenvalue weighted by atomic mass is 9.76. The van der Waals surface area contributed by atoms with Crippen molar-refractivity contribution in [1.29, 1.82) is 0 Å². The van der Waals surface area contributed by atoms with Gasteiger partial charge in [-0.1, -0.05) is 42.5 Å². The quantitative estimate of drug-likeness (QED) is 0.202. The fourth-order valence-corrected chi connectivity index (χ4v) is 7.43. The minimum atomic E-state index is -0.0993. The molecule has 0 saturated carbocycles. The third kappa shape index (κ3) is 6.49. The Morgan fingerprint density at radius 2 is 1.83 bits per heavy atom. The zero-order chi connectivity index (χ0) is 32.2. The molecule has 4 heterocycles. The maximum Gasteiger partial charge on any atom is 0.254 e. The molecule has 1 aromatic heterocycles. The third-order valence-electron chi connectivity index (χ3n) is 10.1. The number of methoxy groups -OCH3 is 1. The zero-order valence-electron chi connectivity index (χ0n) is 27.5. The van der Waals surface area contributed by atoms with Crippen molar-refractivity contribution >= 4 is 22.9 Å². The van der Waals surface area contributed by atoms with E-state index >= 15 is 0 Å². The van der Waals surface area contributed by atoms with Crippen LogP contribution < -0.4 is 19.5 Å². The van der Waals surface area contributed by atoms with Crippen LogP contribution in [0.15, 0.2) is 66.7 Å². The minimum absolute atomic E-state index is 0.00132. The smallest absolute Gasteiger partial charge is 0.254 e. The number of para-hydroxylation sites is 2. The Kier molecular flexibility index (Phi) is 9.22. The second kappa shape index (κ2) is 13.8. The Hall–Kier alpha value is -4.28. The largest absolute Gasteiger partial charge is 0.493 e. The number of nitrogens with one attached hydrogen (secondary N) is 1. The molecule has 0 radical (unpaired) electrons. The van der Waals surface area contributed by atoms with E-state index in [1.807, 2.05) is 17.9 Å². The predicted molar refractivity (Wildman–Crippen MR) is 182 cm³/mol. The Labute approximate surface area is 276 Å². The molecule has 2 fully saturated rings. The topological polar surface area (TPSA) is 90.3 Å². The Morgan fingerprint density at radius 1 is 1.02 bits per heavy atom. The second-order valence-electron chi connectivity index (χ2n) is 12.8. The molecular formula is C37H45N5O5. The van der Waals surface area contributed by atoms with Crippen LogP contribution in [0, 0.1) is 0 Å². The van der Waals surface area contributed by atoms with E-state index in [1.54, 1.807) is 19.2 Å². The summed E-state index contributed by atoms with van der Waals surface area (Å²) in [5.74, 6) is 2.57. The Balaban J connectivity index is 0.997. The fraction of sp³-hybridized carbons (Fsp3) is 0.459. The number of likely N-dealkylation sites (tertiary alicyclic amines) is 2. The first kappa shape index (κ1) is 31.3. The highest BCUT2D eigenvalue weighted by Gasteiger charge is 2.42. The molecule has 1 N–H and O–H groups in total. The van der Waals surface area contributed by atoms with E-state index in [0.717, 1.165) is 68.8 Å². The molecule has 3 aliphatic rings. The average molecular weight is 640 g/mol. The van der Waals surface area contributed by atoms with Gasteiger partial charge in [-0.3, -0.25) is 4.79 Å². The van der Waals surface area contributed by atoms with Crippen LogP contribution in [-0.2, 0) is 16.7 Å². The van der Waals surface area contributed by atoms with Crippen molar-refractivity contribution in [2.45, 2.75) is 50.6 Å². The van der Waals surface area contributed by atoms with Gasteiger partial charge in [0.05, 0.1) is 24.8 Å². The number of benzene rings is 3. The van der Waals surface area contributed by atoms with Gasteiger partial charge in [0.2, 0.25) is 18.5 Å². The highest BCUT2D eigenvalue weighted by atomic mass is 16.7. The molecule has 7 rings (SSSR count). The maximum absolute atomic E-state index is 13.8. The number of aromatic nitrogens is 2. The third-order valence-corrected chi connectivity index (χ3v) is 10.1. The van der Waals surface area contributed by atoms with Crippen LogP contribution >= 0.6 is 0 Å². The van der Waals surface area contributed by atoms with Gasteiger partial charge in [0.25, 0.3) is 5.91 Å². The number of ether oxygens (including phenoxy) is 4. The molecule has 47 heavy (non-hydrogen) atoms. The van der Waals surface area contributed by atoms with Crippen molar-refractivity contribution in [2.24, 2.45) is 0 Å². The van der Waals surface area contributed by atoms with Crippen molar-refractivity contribution < 1.29 is 23.7 Å². The average Bonchev–Trinajstić information content (AvgIpc) is 3.86. The number of rotatable bonds is 12. The molecule has 1 amide bonds. The van der Waals surface area contributed by atoms with Crippen LogP contribution in [0.5, 0.6) is 17.2 Å². The van der Waals surface area contributed by atoms with Gasteiger partial charge in [-0.25, -0.2) is 4.98 Å². The lowest BCUT2D eigenvalue weighted by molar-refractivity contribution is 0.0779. The predicted octanol–water partition coefficient (Wildman–Crippen LogP) is 5.56. The van der Waals surface area contributed by atoms with Gasteiger partial charge in [-0.2, -0.15) is 0 Å². The number of anilines is 1. The van der Waals surface area contributed by atoms with E-state index in [0.29, 0.717) is 55.2 Å². The monoisotopic (exact) mass is 639 g/mol. The molecule has 0 bridgehead atoms. The van der Waals surface area contributed by atoms with Crippen molar-refractivity contribution in [3.05, 3.63) is 77.9 Å². The van der Waals surface area contributed by atoms with Crippen molar-refractivity contribution in [3.8, 4) is 17.2 Å². The summed E-state index contributed by atoms with van der Waals surface area (Å²) in [7, 11) is 1.58. The molecule has 3 aliphatic heterocycles. The van der Waals surface area contributed by atoms with Gasteiger partial charge in [0.15, 0.2) is 11.5 Å². The number of nitrogens with zero attached hydrogens (tertiary/aromatic N) is 4. The number of imidazole rings is 1. The van der Waals surface area contributed by atoms with Crippen molar-refractivity contribution in [3.63, 3.8) is 0 Å². The number of carbonyl (C=O) groups is 1. The van der Waals surface area contributed by atoms with E-state index in [2.05, 4.69) is 63.3 Å². The van der Waals surface area contributed by atoms with Crippen LogP contribution in [0.1, 0.15) is 48.5 Å². The maximum atomic E-state index is 13.8. The van der Waals surface area contributed by atoms with E-state index in [-0.39, 0.29) is 18.1 Å². The van der Waals surface area contributed by atoms with E-state index < -0.39 is 0 Å². The molecule has 10 nitrogen and oxygen atoms in total. The first-order valence-electron chi connectivity index (χ1n) is 16.9.